The summed E-state index contributed by atoms with van der Waals surface area (Å²) in [6.07, 6.45) is 13.8. The van der Waals surface area contributed by atoms with Gasteiger partial charge >= 0.3 is 6.09 Å². The molecule has 2 saturated heterocycles. The number of aromatic nitrogens is 2. The van der Waals surface area contributed by atoms with Gasteiger partial charge in [-0.2, -0.15) is 4.98 Å². The first-order chi connectivity index (χ1) is 18.7. The molecular weight excluding hydrogens is 476 g/mol. The lowest BCUT2D eigenvalue weighted by Crippen LogP contribution is -2.48. The van der Waals surface area contributed by atoms with E-state index in [2.05, 4.69) is 31.5 Å². The number of piperidine rings is 1. The van der Waals surface area contributed by atoms with E-state index in [0.717, 1.165) is 56.2 Å². The largest absolute Gasteiger partial charge is 0.445 e. The van der Waals surface area contributed by atoms with E-state index in [-0.39, 0.29) is 6.09 Å². The van der Waals surface area contributed by atoms with Crippen LogP contribution in [0, 0.1) is 5.92 Å². The average molecular weight is 521 g/mol. The summed E-state index contributed by atoms with van der Waals surface area (Å²) in [6.45, 7) is 5.44. The van der Waals surface area contributed by atoms with Gasteiger partial charge < -0.3 is 20.3 Å². The summed E-state index contributed by atoms with van der Waals surface area (Å²) < 4.78 is 5.37. The van der Waals surface area contributed by atoms with Crippen LogP contribution >= 0.6 is 0 Å². The molecule has 1 saturated carbocycles. The lowest BCUT2D eigenvalue weighted by atomic mass is 9.84. The monoisotopic (exact) mass is 520 g/mol. The van der Waals surface area contributed by atoms with Crippen molar-refractivity contribution >= 4 is 17.9 Å². The minimum absolute atomic E-state index is 0.317. The van der Waals surface area contributed by atoms with Crippen molar-refractivity contribution in [3.63, 3.8) is 0 Å². The van der Waals surface area contributed by atoms with Crippen molar-refractivity contribution in [1.29, 1.82) is 0 Å². The Morgan fingerprint density at radius 2 is 1.71 bits per heavy atom. The fourth-order valence-electron chi connectivity index (χ4n) is 6.25. The highest BCUT2D eigenvalue weighted by molar-refractivity contribution is 5.67. The number of benzene rings is 1. The van der Waals surface area contributed by atoms with E-state index in [1.807, 2.05) is 36.5 Å². The molecule has 0 radical (unpaired) electrons. The Hall–Kier alpha value is -2.87. The maximum Gasteiger partial charge on any atom is 0.407 e. The summed E-state index contributed by atoms with van der Waals surface area (Å²) in [5, 5.41) is 6.64. The zero-order chi connectivity index (χ0) is 26.0. The first kappa shape index (κ1) is 26.7. The Morgan fingerprint density at radius 1 is 0.921 bits per heavy atom. The van der Waals surface area contributed by atoms with Crippen LogP contribution in [-0.2, 0) is 11.3 Å². The number of hydrogen-bond donors (Lipinski definition) is 2. The molecular formula is C30H44N6O2. The number of rotatable bonds is 8. The standard InChI is InChI=1S/C30H44N6O2/c37-30(38-23-25-9-4-3-5-10-25)32-21-24-12-14-27(15-13-24)36-20-8-11-26(22-36)33-29-31-17-16-28(34-29)35-18-6-1-2-7-19-35/h3-5,9-10,16-17,24,26-27H,1-2,6-8,11-15,18-23H2,(H,32,37)(H,31,33,34). The van der Waals surface area contributed by atoms with Gasteiger partial charge in [-0.3, -0.25) is 4.90 Å². The number of carbonyl (C=O) groups is 1. The minimum Gasteiger partial charge on any atom is -0.445 e. The molecule has 8 nitrogen and oxygen atoms in total. The third-order valence-electron chi connectivity index (χ3n) is 8.44. The molecule has 1 unspecified atom stereocenters. The van der Waals surface area contributed by atoms with Crippen molar-refractivity contribution in [2.75, 3.05) is 42.9 Å². The Kier molecular flexibility index (Phi) is 9.70. The van der Waals surface area contributed by atoms with Crippen molar-refractivity contribution in [2.45, 2.75) is 82.9 Å². The van der Waals surface area contributed by atoms with Gasteiger partial charge in [-0.05, 0) is 75.5 Å². The molecule has 1 aromatic heterocycles. The van der Waals surface area contributed by atoms with Gasteiger partial charge in [0.2, 0.25) is 5.95 Å². The van der Waals surface area contributed by atoms with Gasteiger partial charge in [0, 0.05) is 44.5 Å². The number of nitrogens with one attached hydrogen (secondary N) is 2. The third kappa shape index (κ3) is 7.82. The Balaban J connectivity index is 1.03. The summed E-state index contributed by atoms with van der Waals surface area (Å²) >= 11 is 0. The molecule has 38 heavy (non-hydrogen) atoms. The van der Waals surface area contributed by atoms with Crippen molar-refractivity contribution in [1.82, 2.24) is 20.2 Å². The van der Waals surface area contributed by atoms with Crippen molar-refractivity contribution in [2.24, 2.45) is 5.92 Å². The van der Waals surface area contributed by atoms with E-state index in [9.17, 15) is 4.79 Å². The first-order valence-corrected chi connectivity index (χ1v) is 14.8. The van der Waals surface area contributed by atoms with Crippen LogP contribution in [0.1, 0.15) is 69.8 Å². The highest BCUT2D eigenvalue weighted by atomic mass is 16.5. The molecule has 1 atom stereocenters. The topological polar surface area (TPSA) is 82.6 Å². The summed E-state index contributed by atoms with van der Waals surface area (Å²) in [5.41, 5.74) is 1.01. The minimum atomic E-state index is -0.317. The smallest absolute Gasteiger partial charge is 0.407 e. The summed E-state index contributed by atoms with van der Waals surface area (Å²) in [5.74, 6) is 2.37. The van der Waals surface area contributed by atoms with Gasteiger partial charge in [0.15, 0.2) is 0 Å². The maximum absolute atomic E-state index is 12.1. The normalized spacial score (nSPS) is 24.8. The number of likely N-dealkylation sites (tertiary alicyclic amines) is 1. The zero-order valence-corrected chi connectivity index (χ0v) is 22.7. The van der Waals surface area contributed by atoms with Crippen LogP contribution in [0.5, 0.6) is 0 Å². The van der Waals surface area contributed by atoms with Crippen LogP contribution < -0.4 is 15.5 Å². The highest BCUT2D eigenvalue weighted by Crippen LogP contribution is 2.29. The van der Waals surface area contributed by atoms with Crippen LogP contribution in [0.15, 0.2) is 42.6 Å². The Morgan fingerprint density at radius 3 is 2.50 bits per heavy atom. The fraction of sp³-hybridized carbons (Fsp3) is 0.633. The van der Waals surface area contributed by atoms with Gasteiger partial charge in [-0.15, -0.1) is 0 Å². The molecule has 3 fully saturated rings. The second kappa shape index (κ2) is 13.8. The van der Waals surface area contributed by atoms with E-state index in [4.69, 9.17) is 9.72 Å². The molecule has 206 valence electrons. The van der Waals surface area contributed by atoms with Crippen LogP contribution in [0.4, 0.5) is 16.6 Å². The number of carbonyl (C=O) groups excluding carboxylic acids is 1. The molecule has 2 N–H and O–H groups in total. The molecule has 2 aromatic rings. The van der Waals surface area contributed by atoms with Crippen LogP contribution in [0.2, 0.25) is 0 Å². The molecule has 5 rings (SSSR count). The predicted octanol–water partition coefficient (Wildman–Crippen LogP) is 5.22. The predicted molar refractivity (Wildman–Crippen MR) is 151 cm³/mol. The summed E-state index contributed by atoms with van der Waals surface area (Å²) in [4.78, 5) is 26.7. The summed E-state index contributed by atoms with van der Waals surface area (Å²) in [7, 11) is 0. The van der Waals surface area contributed by atoms with Gasteiger partial charge in [0.05, 0.1) is 0 Å². The van der Waals surface area contributed by atoms with E-state index < -0.39 is 0 Å². The van der Waals surface area contributed by atoms with Gasteiger partial charge in [0.1, 0.15) is 12.4 Å². The Labute approximate surface area is 227 Å². The SMILES string of the molecule is O=C(NCC1CCC(N2CCCC(Nc3nccc(N4CCCCCC4)n3)C2)CC1)OCc1ccccc1. The van der Waals surface area contributed by atoms with Crippen LogP contribution in [0.25, 0.3) is 0 Å². The van der Waals surface area contributed by atoms with E-state index in [0.29, 0.717) is 31.2 Å². The van der Waals surface area contributed by atoms with E-state index >= 15 is 0 Å². The van der Waals surface area contributed by atoms with Crippen molar-refractivity contribution in [3.8, 4) is 0 Å². The molecule has 0 bridgehead atoms. The molecule has 0 spiro atoms. The second-order valence-corrected chi connectivity index (χ2v) is 11.2. The maximum atomic E-state index is 12.1. The second-order valence-electron chi connectivity index (χ2n) is 11.2. The lowest BCUT2D eigenvalue weighted by molar-refractivity contribution is 0.105. The molecule has 2 aliphatic heterocycles. The fourth-order valence-corrected chi connectivity index (χ4v) is 6.25. The number of nitrogens with zero attached hydrogens (tertiary/aromatic N) is 4. The van der Waals surface area contributed by atoms with Crippen LogP contribution in [0.3, 0.4) is 0 Å². The molecule has 1 aliphatic carbocycles. The number of amides is 1. The number of alkyl carbamates (subject to hydrolysis) is 1. The summed E-state index contributed by atoms with van der Waals surface area (Å²) in [6, 6.07) is 12.9. The van der Waals surface area contributed by atoms with Crippen molar-refractivity contribution < 1.29 is 9.53 Å². The zero-order valence-electron chi connectivity index (χ0n) is 22.7. The highest BCUT2D eigenvalue weighted by Gasteiger charge is 2.30. The Bertz CT molecular complexity index is 989. The third-order valence-corrected chi connectivity index (χ3v) is 8.44. The first-order valence-electron chi connectivity index (χ1n) is 14.8. The molecule has 1 amide bonds. The molecule has 3 heterocycles. The lowest BCUT2D eigenvalue weighted by Gasteiger charge is -2.41. The number of ether oxygens (including phenoxy) is 1. The van der Waals surface area contributed by atoms with E-state index in [1.165, 1.54) is 51.5 Å². The van der Waals surface area contributed by atoms with Crippen molar-refractivity contribution in [3.05, 3.63) is 48.2 Å². The number of hydrogen-bond acceptors (Lipinski definition) is 7. The van der Waals surface area contributed by atoms with E-state index in [1.54, 1.807) is 0 Å². The van der Waals surface area contributed by atoms with Gasteiger partial charge in [-0.1, -0.05) is 43.2 Å². The average Bonchev–Trinajstić information content (AvgIpc) is 3.26. The van der Waals surface area contributed by atoms with Gasteiger partial charge in [-0.25, -0.2) is 9.78 Å². The molecule has 8 heteroatoms. The number of anilines is 2. The van der Waals surface area contributed by atoms with Crippen LogP contribution in [-0.4, -0.2) is 65.8 Å². The quantitative estimate of drug-likeness (QED) is 0.494. The molecule has 1 aromatic carbocycles. The molecule has 3 aliphatic rings. The van der Waals surface area contributed by atoms with Gasteiger partial charge in [0.25, 0.3) is 0 Å².